The summed E-state index contributed by atoms with van der Waals surface area (Å²) in [4.78, 5) is 13.1. The normalized spacial score (nSPS) is 20.3. The maximum atomic E-state index is 13.8. The molecule has 3 rings (SSSR count). The van der Waals surface area contributed by atoms with Gasteiger partial charge in [0, 0.05) is 36.0 Å². The van der Waals surface area contributed by atoms with Crippen molar-refractivity contribution in [2.75, 3.05) is 30.4 Å². The van der Waals surface area contributed by atoms with Gasteiger partial charge < -0.3 is 14.8 Å². The second kappa shape index (κ2) is 10.6. The van der Waals surface area contributed by atoms with E-state index in [0.717, 1.165) is 5.56 Å². The Morgan fingerprint density at radius 1 is 1.00 bits per heavy atom. The number of nitrogens with zero attached hydrogens (tertiary/aromatic N) is 1. The highest BCUT2D eigenvalue weighted by Crippen LogP contribution is 2.29. The smallest absolute Gasteiger partial charge is 0.245 e. The zero-order valence-corrected chi connectivity index (χ0v) is 21.3. The molecule has 1 amide bonds. The first-order valence-electron chi connectivity index (χ1n) is 11.2. The van der Waals surface area contributed by atoms with Gasteiger partial charge in [0.25, 0.3) is 0 Å². The van der Waals surface area contributed by atoms with E-state index < -0.39 is 21.2 Å². The molecule has 10 heteroatoms. The number of methoxy groups -OCH3 is 2. The lowest BCUT2D eigenvalue weighted by Gasteiger charge is -2.30. The van der Waals surface area contributed by atoms with E-state index >= 15 is 0 Å². The van der Waals surface area contributed by atoms with Gasteiger partial charge in [-0.1, -0.05) is 26.0 Å². The molecule has 1 aliphatic rings. The number of carbonyl (C=O) groups is 1. The van der Waals surface area contributed by atoms with Crippen molar-refractivity contribution in [2.45, 2.75) is 50.9 Å². The average Bonchev–Trinajstić information content (AvgIpc) is 3.15. The van der Waals surface area contributed by atoms with Crippen LogP contribution in [0.15, 0.2) is 42.5 Å². The number of ether oxygens (including phenoxy) is 2. The molecular formula is C24H34N4O5S. The van der Waals surface area contributed by atoms with Crippen LogP contribution in [0.5, 0.6) is 11.5 Å². The molecule has 0 aromatic heterocycles. The van der Waals surface area contributed by atoms with Crippen LogP contribution in [-0.2, 0) is 14.8 Å². The maximum Gasteiger partial charge on any atom is 0.245 e. The molecule has 0 spiro atoms. The summed E-state index contributed by atoms with van der Waals surface area (Å²) in [6.45, 7) is 7.37. The summed E-state index contributed by atoms with van der Waals surface area (Å²) in [7, 11) is -0.869. The summed E-state index contributed by atoms with van der Waals surface area (Å²) in [6.07, 6.45) is 0. The zero-order chi connectivity index (χ0) is 25.0. The van der Waals surface area contributed by atoms with Crippen molar-refractivity contribution in [3.05, 3.63) is 48.0 Å². The summed E-state index contributed by atoms with van der Waals surface area (Å²) in [5.41, 5.74) is 7.95. The van der Waals surface area contributed by atoms with Crippen molar-refractivity contribution in [1.29, 1.82) is 0 Å². The predicted octanol–water partition coefficient (Wildman–Crippen LogP) is 2.86. The number of rotatable bonds is 9. The van der Waals surface area contributed by atoms with Gasteiger partial charge in [-0.2, -0.15) is 0 Å². The molecule has 2 unspecified atom stereocenters. The van der Waals surface area contributed by atoms with Crippen LogP contribution in [0.1, 0.15) is 39.2 Å². The van der Waals surface area contributed by atoms with Crippen LogP contribution < -0.4 is 29.9 Å². The third-order valence-corrected chi connectivity index (χ3v) is 8.40. The minimum Gasteiger partial charge on any atom is -0.497 e. The van der Waals surface area contributed by atoms with Crippen molar-refractivity contribution < 1.29 is 22.7 Å². The molecule has 0 saturated carbocycles. The maximum absolute atomic E-state index is 13.8. The van der Waals surface area contributed by atoms with Crippen LogP contribution in [0.2, 0.25) is 0 Å². The van der Waals surface area contributed by atoms with Crippen molar-refractivity contribution in [3.63, 3.8) is 0 Å². The molecule has 0 radical (unpaired) electrons. The number of carbonyl (C=O) groups excluding carboxylic acids is 1. The molecule has 1 fully saturated rings. The highest BCUT2D eigenvalue weighted by Gasteiger charge is 2.44. The summed E-state index contributed by atoms with van der Waals surface area (Å²) >= 11 is 0. The standard InChI is InChI=1S/C24H34N4O5S/c1-15(2)18-7-9-20(10-8-18)28(34(30,31)24-16(3)26-27-17(24)4)14-23(29)25-19-11-21(32-5)13-22(12-19)33-6/h7-13,15-17,24,26-27H,14H2,1-6H3,(H,25,29). The van der Waals surface area contributed by atoms with Crippen LogP contribution in [0, 0.1) is 0 Å². The highest BCUT2D eigenvalue weighted by molar-refractivity contribution is 7.93. The van der Waals surface area contributed by atoms with Crippen LogP contribution >= 0.6 is 0 Å². The lowest BCUT2D eigenvalue weighted by Crippen LogP contribution is -2.49. The molecule has 2 aromatic rings. The molecule has 9 nitrogen and oxygen atoms in total. The van der Waals surface area contributed by atoms with Gasteiger partial charge in [-0.05, 0) is 37.5 Å². The number of hydrazine groups is 1. The molecule has 1 aliphatic heterocycles. The van der Waals surface area contributed by atoms with E-state index in [2.05, 4.69) is 30.0 Å². The first kappa shape index (κ1) is 25.8. The molecule has 1 heterocycles. The van der Waals surface area contributed by atoms with E-state index in [0.29, 0.717) is 28.8 Å². The number of benzene rings is 2. The summed E-state index contributed by atoms with van der Waals surface area (Å²) in [5.74, 6) is 0.836. The molecule has 2 atom stereocenters. The van der Waals surface area contributed by atoms with Gasteiger partial charge in [-0.25, -0.2) is 8.42 Å². The Kier molecular flexibility index (Phi) is 8.06. The van der Waals surface area contributed by atoms with E-state index in [1.165, 1.54) is 18.5 Å². The first-order chi connectivity index (χ1) is 16.1. The van der Waals surface area contributed by atoms with Gasteiger partial charge in [0.05, 0.1) is 19.9 Å². The van der Waals surface area contributed by atoms with Crippen molar-refractivity contribution in [1.82, 2.24) is 10.9 Å². The number of nitrogens with one attached hydrogen (secondary N) is 3. The Balaban J connectivity index is 1.93. The fourth-order valence-corrected chi connectivity index (χ4v) is 6.26. The lowest BCUT2D eigenvalue weighted by molar-refractivity contribution is -0.114. The second-order valence-electron chi connectivity index (χ2n) is 8.78. The summed E-state index contributed by atoms with van der Waals surface area (Å²) in [6, 6.07) is 11.6. The minimum absolute atomic E-state index is 0.300. The van der Waals surface area contributed by atoms with Crippen molar-refractivity contribution in [2.24, 2.45) is 0 Å². The topological polar surface area (TPSA) is 109 Å². The molecule has 3 N–H and O–H groups in total. The van der Waals surface area contributed by atoms with Gasteiger partial charge in [-0.15, -0.1) is 0 Å². The van der Waals surface area contributed by atoms with E-state index in [1.807, 2.05) is 12.1 Å². The van der Waals surface area contributed by atoms with Crippen LogP contribution in [0.3, 0.4) is 0 Å². The van der Waals surface area contributed by atoms with Crippen molar-refractivity contribution >= 4 is 27.3 Å². The largest absolute Gasteiger partial charge is 0.497 e. The fourth-order valence-electron chi connectivity index (χ4n) is 4.09. The molecular weight excluding hydrogens is 456 g/mol. The Hall–Kier alpha value is -2.82. The van der Waals surface area contributed by atoms with E-state index in [-0.39, 0.29) is 18.6 Å². The molecule has 0 aliphatic carbocycles. The minimum atomic E-state index is -3.90. The highest BCUT2D eigenvalue weighted by atomic mass is 32.2. The SMILES string of the molecule is COc1cc(NC(=O)CN(c2ccc(C(C)C)cc2)S(=O)(=O)C2C(C)NNC2C)cc(OC)c1. The van der Waals surface area contributed by atoms with Gasteiger partial charge in [-0.3, -0.25) is 20.0 Å². The fraction of sp³-hybridized carbons (Fsp3) is 0.458. The Labute approximate surface area is 201 Å². The quantitative estimate of drug-likeness (QED) is 0.496. The van der Waals surface area contributed by atoms with Crippen LogP contribution in [0.4, 0.5) is 11.4 Å². The molecule has 34 heavy (non-hydrogen) atoms. The second-order valence-corrected chi connectivity index (χ2v) is 10.8. The van der Waals surface area contributed by atoms with E-state index in [1.54, 1.807) is 44.2 Å². The average molecular weight is 491 g/mol. The molecule has 0 bridgehead atoms. The Bertz CT molecular complexity index is 1070. The number of hydrogen-bond donors (Lipinski definition) is 3. The third kappa shape index (κ3) is 5.63. The predicted molar refractivity (Wildman–Crippen MR) is 134 cm³/mol. The van der Waals surface area contributed by atoms with Crippen molar-refractivity contribution in [3.8, 4) is 11.5 Å². The summed E-state index contributed by atoms with van der Waals surface area (Å²) in [5, 5.41) is 2.02. The molecule has 1 saturated heterocycles. The van der Waals surface area contributed by atoms with E-state index in [9.17, 15) is 13.2 Å². The summed E-state index contributed by atoms with van der Waals surface area (Å²) < 4.78 is 39.3. The Morgan fingerprint density at radius 2 is 1.53 bits per heavy atom. The van der Waals surface area contributed by atoms with Gasteiger partial charge in [0.15, 0.2) is 0 Å². The number of sulfonamides is 1. The van der Waals surface area contributed by atoms with Gasteiger partial charge in [0.2, 0.25) is 15.9 Å². The van der Waals surface area contributed by atoms with Gasteiger partial charge in [0.1, 0.15) is 23.3 Å². The number of amides is 1. The number of anilines is 2. The molecule has 186 valence electrons. The Morgan fingerprint density at radius 3 is 2.00 bits per heavy atom. The number of hydrogen-bond acceptors (Lipinski definition) is 7. The zero-order valence-electron chi connectivity index (χ0n) is 20.5. The van der Waals surface area contributed by atoms with E-state index in [4.69, 9.17) is 9.47 Å². The third-order valence-electron chi connectivity index (χ3n) is 5.95. The molecule has 2 aromatic carbocycles. The van der Waals surface area contributed by atoms with Crippen LogP contribution in [-0.4, -0.2) is 52.4 Å². The monoisotopic (exact) mass is 490 g/mol. The first-order valence-corrected chi connectivity index (χ1v) is 12.7. The van der Waals surface area contributed by atoms with Gasteiger partial charge >= 0.3 is 0 Å². The lowest BCUT2D eigenvalue weighted by atomic mass is 10.0. The van der Waals surface area contributed by atoms with Crippen LogP contribution in [0.25, 0.3) is 0 Å².